The zero-order chi connectivity index (χ0) is 12.9. The van der Waals surface area contributed by atoms with Crippen LogP contribution in [-0.2, 0) is 9.59 Å². The molecule has 16 heavy (non-hydrogen) atoms. The summed E-state index contributed by atoms with van der Waals surface area (Å²) in [7, 11) is 0. The van der Waals surface area contributed by atoms with Crippen molar-refractivity contribution in [2.75, 3.05) is 0 Å². The highest BCUT2D eigenvalue weighted by Gasteiger charge is 2.33. The third kappa shape index (κ3) is 4.21. The van der Waals surface area contributed by atoms with Crippen LogP contribution in [0.4, 0.5) is 0 Å². The number of carboxylic acids is 1. The van der Waals surface area contributed by atoms with Crippen molar-refractivity contribution in [3.8, 4) is 0 Å². The van der Waals surface area contributed by atoms with Gasteiger partial charge in [0.2, 0.25) is 5.91 Å². The first-order chi connectivity index (χ1) is 7.23. The summed E-state index contributed by atoms with van der Waals surface area (Å²) < 4.78 is 0. The predicted molar refractivity (Wildman–Crippen MR) is 63.1 cm³/mol. The summed E-state index contributed by atoms with van der Waals surface area (Å²) in [6, 6.07) is 0. The summed E-state index contributed by atoms with van der Waals surface area (Å²) in [5, 5.41) is 11.7. The van der Waals surface area contributed by atoms with E-state index in [0.717, 1.165) is 6.42 Å². The molecule has 2 atom stereocenters. The molecule has 0 saturated heterocycles. The molecule has 0 bridgehead atoms. The van der Waals surface area contributed by atoms with E-state index in [2.05, 4.69) is 5.32 Å². The van der Waals surface area contributed by atoms with Crippen LogP contribution in [0.5, 0.6) is 0 Å². The van der Waals surface area contributed by atoms with E-state index in [9.17, 15) is 9.59 Å². The zero-order valence-electron chi connectivity index (χ0n) is 10.8. The zero-order valence-corrected chi connectivity index (χ0v) is 10.8. The summed E-state index contributed by atoms with van der Waals surface area (Å²) in [6.45, 7) is 9.40. The number of carbonyl (C=O) groups is 2. The van der Waals surface area contributed by atoms with Crippen LogP contribution in [0.15, 0.2) is 0 Å². The van der Waals surface area contributed by atoms with Gasteiger partial charge in [0.15, 0.2) is 0 Å². The average molecular weight is 229 g/mol. The first kappa shape index (κ1) is 14.9. The minimum atomic E-state index is -0.888. The molecule has 0 aliphatic rings. The van der Waals surface area contributed by atoms with Gasteiger partial charge in [0.05, 0.1) is 6.42 Å². The quantitative estimate of drug-likeness (QED) is 0.732. The van der Waals surface area contributed by atoms with E-state index >= 15 is 0 Å². The molecule has 0 rings (SSSR count). The SMILES string of the molecule is CCC(C)C(=O)NC(C)(CC(=O)O)C(C)C. The number of hydrogen-bond donors (Lipinski definition) is 2. The Morgan fingerprint density at radius 1 is 1.31 bits per heavy atom. The first-order valence-electron chi connectivity index (χ1n) is 5.76. The molecule has 94 valence electrons. The van der Waals surface area contributed by atoms with Gasteiger partial charge in [0.1, 0.15) is 0 Å². The Labute approximate surface area is 97.4 Å². The Morgan fingerprint density at radius 2 is 1.81 bits per heavy atom. The average Bonchev–Trinajstić information content (AvgIpc) is 2.14. The number of amides is 1. The van der Waals surface area contributed by atoms with Crippen LogP contribution in [0.2, 0.25) is 0 Å². The van der Waals surface area contributed by atoms with Gasteiger partial charge < -0.3 is 10.4 Å². The second kappa shape index (κ2) is 5.87. The van der Waals surface area contributed by atoms with Gasteiger partial charge in [-0.05, 0) is 19.3 Å². The van der Waals surface area contributed by atoms with E-state index in [4.69, 9.17) is 5.11 Å². The van der Waals surface area contributed by atoms with E-state index in [1.165, 1.54) is 0 Å². The number of carboxylic acid groups (broad SMARTS) is 1. The van der Waals surface area contributed by atoms with Crippen LogP contribution < -0.4 is 5.32 Å². The fourth-order valence-electron chi connectivity index (χ4n) is 1.30. The van der Waals surface area contributed by atoms with E-state index in [1.807, 2.05) is 27.7 Å². The molecule has 0 saturated carbocycles. The molecule has 0 aromatic heterocycles. The number of carbonyl (C=O) groups excluding carboxylic acids is 1. The van der Waals surface area contributed by atoms with Crippen molar-refractivity contribution in [3.05, 3.63) is 0 Å². The summed E-state index contributed by atoms with van der Waals surface area (Å²) in [5.41, 5.74) is -0.674. The van der Waals surface area contributed by atoms with Crippen molar-refractivity contribution in [1.29, 1.82) is 0 Å². The van der Waals surface area contributed by atoms with Gasteiger partial charge in [-0.1, -0.05) is 27.7 Å². The van der Waals surface area contributed by atoms with Crippen LogP contribution >= 0.6 is 0 Å². The van der Waals surface area contributed by atoms with Crippen molar-refractivity contribution < 1.29 is 14.7 Å². The lowest BCUT2D eigenvalue weighted by molar-refractivity contribution is -0.139. The van der Waals surface area contributed by atoms with Crippen molar-refractivity contribution in [2.45, 2.75) is 53.0 Å². The molecular formula is C12H23NO3. The minimum absolute atomic E-state index is 0.0488. The third-order valence-corrected chi connectivity index (χ3v) is 3.26. The molecular weight excluding hydrogens is 206 g/mol. The van der Waals surface area contributed by atoms with E-state index in [-0.39, 0.29) is 24.2 Å². The van der Waals surface area contributed by atoms with Crippen molar-refractivity contribution >= 4 is 11.9 Å². The van der Waals surface area contributed by atoms with Crippen LogP contribution in [0.25, 0.3) is 0 Å². The topological polar surface area (TPSA) is 66.4 Å². The first-order valence-corrected chi connectivity index (χ1v) is 5.76. The Kier molecular flexibility index (Phi) is 5.48. The smallest absolute Gasteiger partial charge is 0.305 e. The normalized spacial score (nSPS) is 16.6. The maximum atomic E-state index is 11.8. The Morgan fingerprint density at radius 3 is 2.12 bits per heavy atom. The molecule has 0 aliphatic heterocycles. The minimum Gasteiger partial charge on any atom is -0.481 e. The standard InChI is InChI=1S/C12H23NO3/c1-6-9(4)11(16)13-12(5,8(2)3)7-10(14)15/h8-9H,6-7H2,1-5H3,(H,13,16)(H,14,15). The van der Waals surface area contributed by atoms with Crippen LogP contribution in [0, 0.1) is 11.8 Å². The van der Waals surface area contributed by atoms with Crippen molar-refractivity contribution in [1.82, 2.24) is 5.32 Å². The lowest BCUT2D eigenvalue weighted by atomic mass is 9.84. The molecule has 2 unspecified atom stereocenters. The molecule has 0 aromatic rings. The van der Waals surface area contributed by atoms with Gasteiger partial charge in [0, 0.05) is 11.5 Å². The van der Waals surface area contributed by atoms with Crippen LogP contribution in [0.1, 0.15) is 47.5 Å². The molecule has 0 heterocycles. The molecule has 1 amide bonds. The third-order valence-electron chi connectivity index (χ3n) is 3.26. The molecule has 0 aliphatic carbocycles. The molecule has 4 nitrogen and oxygen atoms in total. The van der Waals surface area contributed by atoms with Gasteiger partial charge in [0.25, 0.3) is 0 Å². The molecule has 2 N–H and O–H groups in total. The summed E-state index contributed by atoms with van der Waals surface area (Å²) in [6.07, 6.45) is 0.708. The molecule has 0 spiro atoms. The number of aliphatic carboxylic acids is 1. The Balaban J connectivity index is 4.68. The largest absolute Gasteiger partial charge is 0.481 e. The molecule has 0 aromatic carbocycles. The summed E-state index contributed by atoms with van der Waals surface area (Å²) >= 11 is 0. The van der Waals surface area contributed by atoms with Crippen LogP contribution in [0.3, 0.4) is 0 Å². The van der Waals surface area contributed by atoms with Crippen LogP contribution in [-0.4, -0.2) is 22.5 Å². The highest BCUT2D eigenvalue weighted by atomic mass is 16.4. The molecule has 4 heteroatoms. The Bertz CT molecular complexity index is 263. The predicted octanol–water partition coefficient (Wildman–Crippen LogP) is 2.04. The number of nitrogens with one attached hydrogen (secondary N) is 1. The fourth-order valence-corrected chi connectivity index (χ4v) is 1.30. The summed E-state index contributed by atoms with van der Waals surface area (Å²) in [5.74, 6) is -0.955. The maximum absolute atomic E-state index is 11.8. The lowest BCUT2D eigenvalue weighted by Crippen LogP contribution is -2.52. The number of hydrogen-bond acceptors (Lipinski definition) is 2. The van der Waals surface area contributed by atoms with Crippen molar-refractivity contribution in [2.24, 2.45) is 11.8 Å². The highest BCUT2D eigenvalue weighted by Crippen LogP contribution is 2.21. The monoisotopic (exact) mass is 229 g/mol. The van der Waals surface area contributed by atoms with Gasteiger partial charge >= 0.3 is 5.97 Å². The van der Waals surface area contributed by atoms with Crippen molar-refractivity contribution in [3.63, 3.8) is 0 Å². The second-order valence-corrected chi connectivity index (χ2v) is 4.94. The van der Waals surface area contributed by atoms with Gasteiger partial charge in [-0.25, -0.2) is 0 Å². The second-order valence-electron chi connectivity index (χ2n) is 4.94. The van der Waals surface area contributed by atoms with Gasteiger partial charge in [-0.2, -0.15) is 0 Å². The Hall–Kier alpha value is -1.06. The number of rotatable bonds is 6. The van der Waals surface area contributed by atoms with E-state index in [0.29, 0.717) is 0 Å². The lowest BCUT2D eigenvalue weighted by Gasteiger charge is -2.34. The summed E-state index contributed by atoms with van der Waals surface area (Å²) in [4.78, 5) is 22.6. The molecule has 0 radical (unpaired) electrons. The van der Waals surface area contributed by atoms with E-state index < -0.39 is 11.5 Å². The molecule has 0 fully saturated rings. The van der Waals surface area contributed by atoms with Gasteiger partial charge in [-0.3, -0.25) is 9.59 Å². The van der Waals surface area contributed by atoms with E-state index in [1.54, 1.807) is 6.92 Å². The van der Waals surface area contributed by atoms with Gasteiger partial charge in [-0.15, -0.1) is 0 Å². The fraction of sp³-hybridized carbons (Fsp3) is 0.833. The maximum Gasteiger partial charge on any atom is 0.305 e. The highest BCUT2D eigenvalue weighted by molar-refractivity contribution is 5.80.